The van der Waals surface area contributed by atoms with Crippen LogP contribution < -0.4 is 0 Å². The molecule has 1 aliphatic heterocycles. The first-order chi connectivity index (χ1) is 4.83. The number of ether oxygens (including phenoxy) is 1. The standard InChI is InChI=1S/C7H8N2O/c8-3-1-7(2-4-9)5-10-6-7/h1-2,5-6H2. The van der Waals surface area contributed by atoms with E-state index in [1.165, 1.54) is 0 Å². The monoisotopic (exact) mass is 136 g/mol. The third-order valence-electron chi connectivity index (χ3n) is 1.72. The van der Waals surface area contributed by atoms with Crippen LogP contribution in [0.15, 0.2) is 0 Å². The fraction of sp³-hybridized carbons (Fsp3) is 0.714. The Morgan fingerprint density at radius 3 is 1.90 bits per heavy atom. The SMILES string of the molecule is N#CCC1(CC#N)COC1. The molecular weight excluding hydrogens is 128 g/mol. The second-order valence-electron chi connectivity index (χ2n) is 2.66. The van der Waals surface area contributed by atoms with Crippen molar-refractivity contribution in [1.82, 2.24) is 0 Å². The maximum Gasteiger partial charge on any atom is 0.0629 e. The molecule has 0 N–H and O–H groups in total. The Bertz CT molecular complexity index is 177. The Labute approximate surface area is 59.8 Å². The van der Waals surface area contributed by atoms with E-state index in [4.69, 9.17) is 15.3 Å². The van der Waals surface area contributed by atoms with Crippen molar-refractivity contribution in [2.45, 2.75) is 12.8 Å². The highest BCUT2D eigenvalue weighted by atomic mass is 16.5. The highest BCUT2D eigenvalue weighted by Gasteiger charge is 2.38. The van der Waals surface area contributed by atoms with Crippen molar-refractivity contribution < 1.29 is 4.74 Å². The van der Waals surface area contributed by atoms with Gasteiger partial charge in [0.1, 0.15) is 0 Å². The Hall–Kier alpha value is -1.06. The smallest absolute Gasteiger partial charge is 0.0629 e. The summed E-state index contributed by atoms with van der Waals surface area (Å²) in [6, 6.07) is 4.13. The molecule has 3 nitrogen and oxygen atoms in total. The van der Waals surface area contributed by atoms with Crippen LogP contribution in [0.4, 0.5) is 0 Å². The van der Waals surface area contributed by atoms with E-state index >= 15 is 0 Å². The normalized spacial score (nSPS) is 20.2. The molecule has 10 heavy (non-hydrogen) atoms. The quantitative estimate of drug-likeness (QED) is 0.565. The van der Waals surface area contributed by atoms with Gasteiger partial charge in [-0.1, -0.05) is 0 Å². The molecule has 1 saturated heterocycles. The molecule has 0 aromatic rings. The maximum atomic E-state index is 8.38. The van der Waals surface area contributed by atoms with Gasteiger partial charge in [0.15, 0.2) is 0 Å². The van der Waals surface area contributed by atoms with Gasteiger partial charge in [0.2, 0.25) is 0 Å². The van der Waals surface area contributed by atoms with E-state index in [1.807, 2.05) is 0 Å². The average Bonchev–Trinajstić information content (AvgIpc) is 1.84. The topological polar surface area (TPSA) is 56.8 Å². The zero-order chi connectivity index (χ0) is 7.45. The van der Waals surface area contributed by atoms with Crippen molar-refractivity contribution in [2.24, 2.45) is 5.41 Å². The minimum absolute atomic E-state index is 0.122. The van der Waals surface area contributed by atoms with Crippen molar-refractivity contribution in [3.63, 3.8) is 0 Å². The molecular formula is C7H8N2O. The predicted molar refractivity (Wildman–Crippen MR) is 33.7 cm³/mol. The first-order valence-electron chi connectivity index (χ1n) is 3.15. The fourth-order valence-corrected chi connectivity index (χ4v) is 0.993. The van der Waals surface area contributed by atoms with Crippen molar-refractivity contribution in [3.05, 3.63) is 0 Å². The van der Waals surface area contributed by atoms with E-state index < -0.39 is 0 Å². The lowest BCUT2D eigenvalue weighted by Crippen LogP contribution is -2.41. The Morgan fingerprint density at radius 1 is 1.20 bits per heavy atom. The summed E-state index contributed by atoms with van der Waals surface area (Å²) in [5.41, 5.74) is -0.122. The van der Waals surface area contributed by atoms with Crippen LogP contribution in [0.1, 0.15) is 12.8 Å². The summed E-state index contributed by atoms with van der Waals surface area (Å²) in [7, 11) is 0. The summed E-state index contributed by atoms with van der Waals surface area (Å²) < 4.78 is 4.94. The zero-order valence-corrected chi connectivity index (χ0v) is 5.63. The van der Waals surface area contributed by atoms with Gasteiger partial charge in [-0.05, 0) is 0 Å². The van der Waals surface area contributed by atoms with Crippen LogP contribution in [0.3, 0.4) is 0 Å². The molecule has 0 saturated carbocycles. The number of nitriles is 2. The van der Waals surface area contributed by atoms with Crippen LogP contribution in [-0.2, 0) is 4.74 Å². The van der Waals surface area contributed by atoms with Gasteiger partial charge < -0.3 is 4.74 Å². The first-order valence-corrected chi connectivity index (χ1v) is 3.15. The highest BCUT2D eigenvalue weighted by Crippen LogP contribution is 2.34. The Kier molecular flexibility index (Phi) is 1.89. The molecule has 1 aliphatic rings. The molecule has 0 bridgehead atoms. The maximum absolute atomic E-state index is 8.38. The number of nitrogens with zero attached hydrogens (tertiary/aromatic N) is 2. The highest BCUT2D eigenvalue weighted by molar-refractivity contribution is 4.98. The van der Waals surface area contributed by atoms with Crippen LogP contribution in [-0.4, -0.2) is 13.2 Å². The summed E-state index contributed by atoms with van der Waals surface area (Å²) in [6.45, 7) is 1.16. The van der Waals surface area contributed by atoms with Gasteiger partial charge in [-0.2, -0.15) is 10.5 Å². The molecule has 1 heterocycles. The molecule has 0 amide bonds. The van der Waals surface area contributed by atoms with Crippen molar-refractivity contribution in [2.75, 3.05) is 13.2 Å². The fourth-order valence-electron chi connectivity index (χ4n) is 0.993. The van der Waals surface area contributed by atoms with Crippen LogP contribution >= 0.6 is 0 Å². The molecule has 0 aliphatic carbocycles. The number of hydrogen-bond acceptors (Lipinski definition) is 3. The largest absolute Gasteiger partial charge is 0.380 e. The van der Waals surface area contributed by atoms with E-state index in [0.717, 1.165) is 0 Å². The van der Waals surface area contributed by atoms with Crippen molar-refractivity contribution in [3.8, 4) is 12.1 Å². The minimum Gasteiger partial charge on any atom is -0.380 e. The van der Waals surface area contributed by atoms with Gasteiger partial charge in [0.05, 0.1) is 25.4 Å². The minimum atomic E-state index is -0.122. The van der Waals surface area contributed by atoms with E-state index in [9.17, 15) is 0 Å². The lowest BCUT2D eigenvalue weighted by atomic mass is 9.80. The Balaban J connectivity index is 2.46. The molecule has 0 radical (unpaired) electrons. The van der Waals surface area contributed by atoms with Crippen LogP contribution in [0.2, 0.25) is 0 Å². The first kappa shape index (κ1) is 7.05. The molecule has 52 valence electrons. The van der Waals surface area contributed by atoms with E-state index in [-0.39, 0.29) is 5.41 Å². The average molecular weight is 136 g/mol. The van der Waals surface area contributed by atoms with Crippen LogP contribution in [0.5, 0.6) is 0 Å². The van der Waals surface area contributed by atoms with Gasteiger partial charge in [-0.3, -0.25) is 0 Å². The van der Waals surface area contributed by atoms with Gasteiger partial charge in [-0.25, -0.2) is 0 Å². The van der Waals surface area contributed by atoms with Crippen LogP contribution in [0, 0.1) is 28.1 Å². The van der Waals surface area contributed by atoms with E-state index in [1.54, 1.807) is 0 Å². The summed E-state index contributed by atoms with van der Waals surface area (Å²) in [6.07, 6.45) is 0.890. The van der Waals surface area contributed by atoms with Gasteiger partial charge >= 0.3 is 0 Å². The van der Waals surface area contributed by atoms with E-state index in [2.05, 4.69) is 12.1 Å². The van der Waals surface area contributed by atoms with Gasteiger partial charge in [0, 0.05) is 18.3 Å². The zero-order valence-electron chi connectivity index (χ0n) is 5.63. The lowest BCUT2D eigenvalue weighted by molar-refractivity contribution is -0.107. The summed E-state index contributed by atoms with van der Waals surface area (Å²) in [5.74, 6) is 0. The van der Waals surface area contributed by atoms with Gasteiger partial charge in [0.25, 0.3) is 0 Å². The van der Waals surface area contributed by atoms with Crippen molar-refractivity contribution >= 4 is 0 Å². The number of hydrogen-bond donors (Lipinski definition) is 0. The molecule has 0 aromatic heterocycles. The molecule has 3 heteroatoms. The summed E-state index contributed by atoms with van der Waals surface area (Å²) in [5, 5.41) is 16.8. The predicted octanol–water partition coefficient (Wildman–Crippen LogP) is 0.830. The summed E-state index contributed by atoms with van der Waals surface area (Å²) in [4.78, 5) is 0. The second-order valence-corrected chi connectivity index (χ2v) is 2.66. The molecule has 0 spiro atoms. The van der Waals surface area contributed by atoms with E-state index in [0.29, 0.717) is 26.1 Å². The van der Waals surface area contributed by atoms with Crippen LogP contribution in [0.25, 0.3) is 0 Å². The third-order valence-corrected chi connectivity index (χ3v) is 1.72. The molecule has 1 fully saturated rings. The van der Waals surface area contributed by atoms with Gasteiger partial charge in [-0.15, -0.1) is 0 Å². The number of rotatable bonds is 2. The lowest BCUT2D eigenvalue weighted by Gasteiger charge is -2.37. The third kappa shape index (κ3) is 1.10. The summed E-state index contributed by atoms with van der Waals surface area (Å²) >= 11 is 0. The Morgan fingerprint density at radius 2 is 1.70 bits per heavy atom. The second kappa shape index (κ2) is 2.68. The molecule has 0 aromatic carbocycles. The molecule has 1 rings (SSSR count). The van der Waals surface area contributed by atoms with Crippen molar-refractivity contribution in [1.29, 1.82) is 10.5 Å². The molecule has 0 atom stereocenters. The molecule has 0 unspecified atom stereocenters.